The molecular formula is C37H33Cl2N3O5. The van der Waals surface area contributed by atoms with Crippen LogP contribution >= 0.6 is 23.2 Å². The molecule has 0 atom stereocenters. The van der Waals surface area contributed by atoms with Crippen molar-refractivity contribution in [3.63, 3.8) is 0 Å². The number of rotatable bonds is 14. The lowest BCUT2D eigenvalue weighted by molar-refractivity contribution is -0.137. The molecule has 0 radical (unpaired) electrons. The van der Waals surface area contributed by atoms with Gasteiger partial charge in [-0.15, -0.1) is 0 Å². The van der Waals surface area contributed by atoms with E-state index >= 15 is 0 Å². The number of halogens is 2. The van der Waals surface area contributed by atoms with Gasteiger partial charge in [0.1, 0.15) is 23.9 Å². The summed E-state index contributed by atoms with van der Waals surface area (Å²) in [4.78, 5) is 28.5. The molecule has 10 heteroatoms. The van der Waals surface area contributed by atoms with Gasteiger partial charge in [-0.2, -0.15) is 0 Å². The molecule has 4 aromatic carbocycles. The summed E-state index contributed by atoms with van der Waals surface area (Å²) in [5.41, 5.74) is 5.31. The molecule has 5 rings (SSSR count). The molecule has 8 nitrogen and oxygen atoms in total. The zero-order valence-corrected chi connectivity index (χ0v) is 27.2. The van der Waals surface area contributed by atoms with Crippen LogP contribution in [0, 0.1) is 0 Å². The Morgan fingerprint density at radius 1 is 0.894 bits per heavy atom. The normalized spacial score (nSPS) is 11.0. The van der Waals surface area contributed by atoms with Crippen molar-refractivity contribution in [1.82, 2.24) is 14.9 Å². The number of ether oxygens (including phenoxy) is 2. The van der Waals surface area contributed by atoms with E-state index in [-0.39, 0.29) is 18.9 Å². The van der Waals surface area contributed by atoms with Gasteiger partial charge >= 0.3 is 5.97 Å². The molecule has 0 saturated carbocycles. The first-order chi connectivity index (χ1) is 22.8. The van der Waals surface area contributed by atoms with Crippen LogP contribution in [0.25, 0.3) is 34.5 Å². The number of nitrogens with zero attached hydrogens (tertiary/aromatic N) is 2. The fourth-order valence-corrected chi connectivity index (χ4v) is 5.29. The highest BCUT2D eigenvalue weighted by Gasteiger charge is 2.14. The Balaban J connectivity index is 1.28. The standard InChI is InChI=1S/C37H33Cl2N3O5/c1-46-30-14-6-26(7-15-30)22-40-36(43)24-42-23-34(32-18-13-29(38)21-33(32)39)41-35(42)19-8-25-4-9-27(10-5-25)28-11-16-31(17-12-28)47-20-2-3-37(44)45/h4-19,21,23H,2-3,20,22,24H2,1H3,(H,40,43)(H,44,45). The maximum Gasteiger partial charge on any atom is 0.303 e. The number of benzene rings is 4. The van der Waals surface area contributed by atoms with E-state index < -0.39 is 5.97 Å². The highest BCUT2D eigenvalue weighted by atomic mass is 35.5. The topological polar surface area (TPSA) is 103 Å². The number of nitrogens with one attached hydrogen (secondary N) is 1. The lowest BCUT2D eigenvalue weighted by Gasteiger charge is -2.08. The van der Waals surface area contributed by atoms with Gasteiger partial charge in [0.15, 0.2) is 0 Å². The van der Waals surface area contributed by atoms with E-state index in [1.54, 1.807) is 23.8 Å². The monoisotopic (exact) mass is 669 g/mol. The molecule has 1 aromatic heterocycles. The predicted octanol–water partition coefficient (Wildman–Crippen LogP) is 8.26. The second kappa shape index (κ2) is 16.0. The van der Waals surface area contributed by atoms with E-state index in [2.05, 4.69) is 5.32 Å². The zero-order valence-electron chi connectivity index (χ0n) is 25.7. The maximum absolute atomic E-state index is 13.0. The molecule has 47 heavy (non-hydrogen) atoms. The summed E-state index contributed by atoms with van der Waals surface area (Å²) < 4.78 is 12.6. The Morgan fingerprint density at radius 3 is 2.23 bits per heavy atom. The van der Waals surface area contributed by atoms with E-state index in [0.717, 1.165) is 28.0 Å². The summed E-state index contributed by atoms with van der Waals surface area (Å²) >= 11 is 12.6. The molecule has 0 unspecified atom stereocenters. The number of amides is 1. The zero-order chi connectivity index (χ0) is 33.2. The Kier molecular flexibility index (Phi) is 11.3. The van der Waals surface area contributed by atoms with Crippen LogP contribution in [-0.4, -0.2) is 40.3 Å². The van der Waals surface area contributed by atoms with Crippen LogP contribution in [0.3, 0.4) is 0 Å². The number of hydrogen-bond acceptors (Lipinski definition) is 5. The molecule has 240 valence electrons. The Bertz CT molecular complexity index is 1850. The number of aromatic nitrogens is 2. The molecule has 0 aliphatic heterocycles. The van der Waals surface area contributed by atoms with Crippen LogP contribution in [0.4, 0.5) is 0 Å². The Labute approximate surface area is 283 Å². The number of carboxylic acid groups (broad SMARTS) is 1. The van der Waals surface area contributed by atoms with E-state index in [1.165, 1.54) is 0 Å². The predicted molar refractivity (Wildman–Crippen MR) is 186 cm³/mol. The minimum Gasteiger partial charge on any atom is -0.497 e. The number of imidazole rings is 1. The first-order valence-electron chi connectivity index (χ1n) is 14.9. The third-order valence-electron chi connectivity index (χ3n) is 7.30. The van der Waals surface area contributed by atoms with Crippen molar-refractivity contribution in [3.05, 3.63) is 124 Å². The quantitative estimate of drug-likeness (QED) is 0.115. The largest absolute Gasteiger partial charge is 0.497 e. The maximum atomic E-state index is 13.0. The fourth-order valence-electron chi connectivity index (χ4n) is 4.79. The van der Waals surface area contributed by atoms with Crippen LogP contribution < -0.4 is 14.8 Å². The second-order valence-electron chi connectivity index (χ2n) is 10.7. The van der Waals surface area contributed by atoms with Gasteiger partial charge in [-0.1, -0.05) is 77.8 Å². The first kappa shape index (κ1) is 33.3. The minimum atomic E-state index is -0.829. The lowest BCUT2D eigenvalue weighted by Crippen LogP contribution is -2.27. The fraction of sp³-hybridized carbons (Fsp3) is 0.162. The molecule has 0 aliphatic carbocycles. The van der Waals surface area contributed by atoms with Gasteiger partial charge in [0, 0.05) is 29.7 Å². The van der Waals surface area contributed by atoms with Gasteiger partial charge in [0.05, 0.1) is 24.4 Å². The van der Waals surface area contributed by atoms with Gasteiger partial charge < -0.3 is 24.5 Å². The number of carbonyl (C=O) groups is 2. The number of methoxy groups -OCH3 is 1. The van der Waals surface area contributed by atoms with Gasteiger partial charge in [0.2, 0.25) is 5.91 Å². The molecule has 0 bridgehead atoms. The lowest BCUT2D eigenvalue weighted by atomic mass is 10.0. The molecular weight excluding hydrogens is 637 g/mol. The summed E-state index contributed by atoms with van der Waals surface area (Å²) in [6.45, 7) is 0.799. The Morgan fingerprint density at radius 2 is 1.57 bits per heavy atom. The average molecular weight is 671 g/mol. The molecule has 0 saturated heterocycles. The second-order valence-corrected chi connectivity index (χ2v) is 11.5. The van der Waals surface area contributed by atoms with E-state index in [4.69, 9.17) is 42.8 Å². The van der Waals surface area contributed by atoms with E-state index in [9.17, 15) is 9.59 Å². The van der Waals surface area contributed by atoms with Gasteiger partial charge in [-0.05, 0) is 77.2 Å². The van der Waals surface area contributed by atoms with E-state index in [1.807, 2.05) is 97.2 Å². The minimum absolute atomic E-state index is 0.0617. The van der Waals surface area contributed by atoms with Crippen molar-refractivity contribution in [2.24, 2.45) is 0 Å². The van der Waals surface area contributed by atoms with Crippen molar-refractivity contribution in [1.29, 1.82) is 0 Å². The highest BCUT2D eigenvalue weighted by Crippen LogP contribution is 2.30. The highest BCUT2D eigenvalue weighted by molar-refractivity contribution is 6.36. The Hall–Kier alpha value is -5.05. The molecule has 0 aliphatic rings. The molecule has 5 aromatic rings. The smallest absolute Gasteiger partial charge is 0.303 e. The summed E-state index contributed by atoms with van der Waals surface area (Å²) in [6.07, 6.45) is 6.17. The molecule has 1 amide bonds. The van der Waals surface area contributed by atoms with E-state index in [0.29, 0.717) is 52.4 Å². The number of carbonyl (C=O) groups excluding carboxylic acids is 1. The molecule has 0 fully saturated rings. The van der Waals surface area contributed by atoms with Crippen LogP contribution in [0.1, 0.15) is 29.8 Å². The van der Waals surface area contributed by atoms with Crippen molar-refractivity contribution >= 4 is 47.2 Å². The van der Waals surface area contributed by atoms with Crippen LogP contribution in [0.2, 0.25) is 10.0 Å². The van der Waals surface area contributed by atoms with Crippen molar-refractivity contribution in [2.75, 3.05) is 13.7 Å². The van der Waals surface area contributed by atoms with Gasteiger partial charge in [0.25, 0.3) is 0 Å². The average Bonchev–Trinajstić information content (AvgIpc) is 3.47. The first-order valence-corrected chi connectivity index (χ1v) is 15.7. The third kappa shape index (κ3) is 9.48. The number of carboxylic acids is 1. The summed E-state index contributed by atoms with van der Waals surface area (Å²) in [6, 6.07) is 28.5. The molecule has 1 heterocycles. The van der Waals surface area contributed by atoms with Crippen molar-refractivity contribution in [3.8, 4) is 33.9 Å². The van der Waals surface area contributed by atoms with Crippen molar-refractivity contribution < 1.29 is 24.2 Å². The van der Waals surface area contributed by atoms with Crippen LogP contribution in [0.15, 0.2) is 97.2 Å². The third-order valence-corrected chi connectivity index (χ3v) is 7.85. The SMILES string of the molecule is COc1ccc(CNC(=O)Cn2cc(-c3ccc(Cl)cc3Cl)nc2C=Cc2ccc(-c3ccc(OCCCC(=O)O)cc3)cc2)cc1. The number of aliphatic carboxylic acids is 1. The summed E-state index contributed by atoms with van der Waals surface area (Å²) in [5, 5.41) is 12.7. The summed E-state index contributed by atoms with van der Waals surface area (Å²) in [5.74, 6) is 1.05. The van der Waals surface area contributed by atoms with Crippen molar-refractivity contribution in [2.45, 2.75) is 25.9 Å². The number of hydrogen-bond donors (Lipinski definition) is 2. The van der Waals surface area contributed by atoms with Crippen LogP contribution in [-0.2, 0) is 22.7 Å². The summed E-state index contributed by atoms with van der Waals surface area (Å²) in [7, 11) is 1.61. The van der Waals surface area contributed by atoms with Gasteiger partial charge in [-0.3, -0.25) is 9.59 Å². The molecule has 0 spiro atoms. The van der Waals surface area contributed by atoms with Crippen LogP contribution in [0.5, 0.6) is 11.5 Å². The van der Waals surface area contributed by atoms with Gasteiger partial charge in [-0.25, -0.2) is 4.98 Å². The molecule has 2 N–H and O–H groups in total.